The van der Waals surface area contributed by atoms with E-state index in [2.05, 4.69) is 15.6 Å². The van der Waals surface area contributed by atoms with Crippen LogP contribution in [0.25, 0.3) is 0 Å². The van der Waals surface area contributed by atoms with Crippen molar-refractivity contribution in [3.8, 4) is 0 Å². The Kier molecular flexibility index (Phi) is 6.67. The van der Waals surface area contributed by atoms with Gasteiger partial charge in [0.25, 0.3) is 5.91 Å². The third kappa shape index (κ3) is 5.45. The number of carbonyl (C=O) groups excluding carboxylic acids is 2. The number of hydrogen-bond donors (Lipinski definition) is 2. The molecule has 0 unspecified atom stereocenters. The molecule has 0 aliphatic rings. The summed E-state index contributed by atoms with van der Waals surface area (Å²) in [5.41, 5.74) is 2.04. The van der Waals surface area contributed by atoms with Crippen LogP contribution in [0.4, 0.5) is 5.69 Å². The molecule has 0 fully saturated rings. The van der Waals surface area contributed by atoms with E-state index in [0.717, 1.165) is 5.56 Å². The molecule has 1 aromatic heterocycles. The number of nitrogens with one attached hydrogen (secondary N) is 2. The Morgan fingerprint density at radius 1 is 1.14 bits per heavy atom. The van der Waals surface area contributed by atoms with E-state index in [1.54, 1.807) is 36.8 Å². The van der Waals surface area contributed by atoms with Gasteiger partial charge in [0.2, 0.25) is 5.91 Å². The first-order valence-electron chi connectivity index (χ1n) is 9.35. The van der Waals surface area contributed by atoms with Crippen LogP contribution in [0.2, 0.25) is 5.02 Å². The lowest BCUT2D eigenvalue weighted by atomic mass is 10.0. The molecular formula is C22H23ClN4O2. The topological polar surface area (TPSA) is 76.0 Å². The van der Waals surface area contributed by atoms with Gasteiger partial charge in [-0.3, -0.25) is 9.59 Å². The minimum absolute atomic E-state index is 0.101. The monoisotopic (exact) mass is 410 g/mol. The molecule has 3 rings (SSSR count). The summed E-state index contributed by atoms with van der Waals surface area (Å²) in [6.07, 6.45) is 5.34. The van der Waals surface area contributed by atoms with Gasteiger partial charge >= 0.3 is 0 Å². The summed E-state index contributed by atoms with van der Waals surface area (Å²) in [6.45, 7) is 4.42. The Bertz CT molecular complexity index is 986. The Labute approximate surface area is 174 Å². The maximum atomic E-state index is 12.9. The molecule has 0 aliphatic heterocycles. The number of aromatic nitrogens is 2. The molecule has 1 heterocycles. The second kappa shape index (κ2) is 9.39. The standard InChI is InChI=1S/C22H23ClN4O2/c1-15(2)20(26-21(28)18-8-3-4-9-19(18)23)22(29)25-17-7-5-6-16(12-17)13-27-11-10-24-14-27/h3-12,14-15,20H,13H2,1-2H3,(H,25,29)(H,26,28)/t20-/m1/s1. The first-order chi connectivity index (χ1) is 13.9. The molecule has 3 aromatic rings. The van der Waals surface area contributed by atoms with Crippen LogP contribution >= 0.6 is 11.6 Å². The van der Waals surface area contributed by atoms with E-state index in [4.69, 9.17) is 11.6 Å². The molecule has 7 heteroatoms. The van der Waals surface area contributed by atoms with Crippen molar-refractivity contribution in [2.24, 2.45) is 5.92 Å². The molecule has 0 aliphatic carbocycles. The van der Waals surface area contributed by atoms with Crippen molar-refractivity contribution in [3.05, 3.63) is 83.4 Å². The lowest BCUT2D eigenvalue weighted by Crippen LogP contribution is -2.47. The Morgan fingerprint density at radius 3 is 2.62 bits per heavy atom. The van der Waals surface area contributed by atoms with Crippen molar-refractivity contribution >= 4 is 29.1 Å². The molecule has 0 bridgehead atoms. The van der Waals surface area contributed by atoms with E-state index in [9.17, 15) is 9.59 Å². The summed E-state index contributed by atoms with van der Waals surface area (Å²) in [4.78, 5) is 29.5. The van der Waals surface area contributed by atoms with Gasteiger partial charge in [-0.15, -0.1) is 0 Å². The number of rotatable bonds is 7. The second-order valence-corrected chi connectivity index (χ2v) is 7.51. The van der Waals surface area contributed by atoms with E-state index in [-0.39, 0.29) is 17.7 Å². The lowest BCUT2D eigenvalue weighted by molar-refractivity contribution is -0.118. The molecule has 1 atom stereocenters. The minimum atomic E-state index is -0.698. The van der Waals surface area contributed by atoms with Crippen molar-refractivity contribution < 1.29 is 9.59 Å². The van der Waals surface area contributed by atoms with E-state index >= 15 is 0 Å². The second-order valence-electron chi connectivity index (χ2n) is 7.10. The average molecular weight is 411 g/mol. The summed E-state index contributed by atoms with van der Waals surface area (Å²) >= 11 is 6.10. The smallest absolute Gasteiger partial charge is 0.253 e. The number of amides is 2. The zero-order valence-corrected chi connectivity index (χ0v) is 17.1. The van der Waals surface area contributed by atoms with E-state index in [0.29, 0.717) is 22.8 Å². The van der Waals surface area contributed by atoms with Gasteiger partial charge in [-0.05, 0) is 35.7 Å². The lowest BCUT2D eigenvalue weighted by Gasteiger charge is -2.22. The summed E-state index contributed by atoms with van der Waals surface area (Å²) in [5.74, 6) is -0.755. The molecule has 150 valence electrons. The Hall–Kier alpha value is -3.12. The highest BCUT2D eigenvalue weighted by atomic mass is 35.5. The molecule has 2 aromatic carbocycles. The van der Waals surface area contributed by atoms with Crippen LogP contribution in [0, 0.1) is 5.92 Å². The summed E-state index contributed by atoms with van der Waals surface area (Å²) in [6, 6.07) is 13.7. The SMILES string of the molecule is CC(C)[C@@H](NC(=O)c1ccccc1Cl)C(=O)Nc1cccc(Cn2ccnc2)c1. The van der Waals surface area contributed by atoms with E-state index in [1.165, 1.54) is 0 Å². The first-order valence-corrected chi connectivity index (χ1v) is 9.73. The van der Waals surface area contributed by atoms with Crippen molar-refractivity contribution in [3.63, 3.8) is 0 Å². The number of carbonyl (C=O) groups is 2. The summed E-state index contributed by atoms with van der Waals surface area (Å²) < 4.78 is 1.95. The van der Waals surface area contributed by atoms with Crippen LogP contribution in [0.3, 0.4) is 0 Å². The van der Waals surface area contributed by atoms with E-state index < -0.39 is 6.04 Å². The largest absolute Gasteiger partial charge is 0.340 e. The highest BCUT2D eigenvalue weighted by molar-refractivity contribution is 6.33. The summed E-state index contributed by atoms with van der Waals surface area (Å²) in [5, 5.41) is 6.05. The third-order valence-corrected chi connectivity index (χ3v) is 4.80. The normalized spacial score (nSPS) is 11.9. The number of hydrogen-bond acceptors (Lipinski definition) is 3. The van der Waals surface area contributed by atoms with Gasteiger partial charge in [-0.25, -0.2) is 4.98 Å². The van der Waals surface area contributed by atoms with Gasteiger partial charge in [0.15, 0.2) is 0 Å². The average Bonchev–Trinajstić information content (AvgIpc) is 3.19. The molecule has 0 saturated heterocycles. The van der Waals surface area contributed by atoms with Gasteiger partial charge in [-0.2, -0.15) is 0 Å². The molecule has 6 nitrogen and oxygen atoms in total. The van der Waals surface area contributed by atoms with Crippen LogP contribution < -0.4 is 10.6 Å². The van der Waals surface area contributed by atoms with Gasteiger partial charge in [0.1, 0.15) is 6.04 Å². The quantitative estimate of drug-likeness (QED) is 0.618. The van der Waals surface area contributed by atoms with E-state index in [1.807, 2.05) is 48.9 Å². The fourth-order valence-corrected chi connectivity index (χ4v) is 3.18. The Balaban J connectivity index is 1.70. The van der Waals surface area contributed by atoms with Crippen LogP contribution in [-0.4, -0.2) is 27.4 Å². The summed E-state index contributed by atoms with van der Waals surface area (Å²) in [7, 11) is 0. The fourth-order valence-electron chi connectivity index (χ4n) is 2.96. The molecule has 2 N–H and O–H groups in total. The predicted molar refractivity (Wildman–Crippen MR) is 114 cm³/mol. The molecule has 0 saturated carbocycles. The maximum Gasteiger partial charge on any atom is 0.253 e. The van der Waals surface area contributed by atoms with Crippen molar-refractivity contribution in [2.75, 3.05) is 5.32 Å². The third-order valence-electron chi connectivity index (χ3n) is 4.47. The molecule has 29 heavy (non-hydrogen) atoms. The highest BCUT2D eigenvalue weighted by Crippen LogP contribution is 2.17. The highest BCUT2D eigenvalue weighted by Gasteiger charge is 2.25. The molecule has 2 amide bonds. The van der Waals surface area contributed by atoms with Gasteiger partial charge in [0, 0.05) is 24.6 Å². The number of imidazole rings is 1. The fraction of sp³-hybridized carbons (Fsp3) is 0.227. The number of benzene rings is 2. The predicted octanol–water partition coefficient (Wildman–Crippen LogP) is 3.98. The first kappa shape index (κ1) is 20.6. The van der Waals surface area contributed by atoms with Crippen LogP contribution in [0.5, 0.6) is 0 Å². The van der Waals surface area contributed by atoms with Crippen LogP contribution in [0.15, 0.2) is 67.3 Å². The Morgan fingerprint density at radius 2 is 1.93 bits per heavy atom. The zero-order chi connectivity index (χ0) is 20.8. The van der Waals surface area contributed by atoms with Crippen molar-refractivity contribution in [2.45, 2.75) is 26.4 Å². The zero-order valence-electron chi connectivity index (χ0n) is 16.3. The number of anilines is 1. The van der Waals surface area contributed by atoms with Crippen molar-refractivity contribution in [1.29, 1.82) is 0 Å². The number of nitrogens with zero attached hydrogens (tertiary/aromatic N) is 2. The molecular weight excluding hydrogens is 388 g/mol. The van der Waals surface area contributed by atoms with Crippen LogP contribution in [0.1, 0.15) is 29.8 Å². The minimum Gasteiger partial charge on any atom is -0.340 e. The van der Waals surface area contributed by atoms with Crippen molar-refractivity contribution in [1.82, 2.24) is 14.9 Å². The molecule has 0 spiro atoms. The van der Waals surface area contributed by atoms with Gasteiger partial charge in [0.05, 0.1) is 16.9 Å². The van der Waals surface area contributed by atoms with Crippen LogP contribution in [-0.2, 0) is 11.3 Å². The van der Waals surface area contributed by atoms with Gasteiger partial charge in [-0.1, -0.05) is 49.7 Å². The number of halogens is 1. The maximum absolute atomic E-state index is 12.9. The molecule has 0 radical (unpaired) electrons. The van der Waals surface area contributed by atoms with Gasteiger partial charge < -0.3 is 15.2 Å².